The quantitative estimate of drug-likeness (QED) is 0.0952. The summed E-state index contributed by atoms with van der Waals surface area (Å²) in [5.74, 6) is 0. The summed E-state index contributed by atoms with van der Waals surface area (Å²) >= 11 is 0. The molecular formula is C44H34Zr. The van der Waals surface area contributed by atoms with Gasteiger partial charge in [0.1, 0.15) is 0 Å². The van der Waals surface area contributed by atoms with Gasteiger partial charge in [0.05, 0.1) is 0 Å². The molecule has 7 aromatic rings. The van der Waals surface area contributed by atoms with Gasteiger partial charge in [-0.05, 0) is 11.1 Å². The van der Waals surface area contributed by atoms with Crippen LogP contribution in [-0.2, 0) is 26.2 Å². The van der Waals surface area contributed by atoms with Crippen LogP contribution in [0.1, 0.15) is 27.8 Å². The van der Waals surface area contributed by atoms with Crippen LogP contribution in [0.15, 0.2) is 182 Å². The summed E-state index contributed by atoms with van der Waals surface area (Å²) < 4.78 is 0. The summed E-state index contributed by atoms with van der Waals surface area (Å²) in [5.41, 5.74) is 10.7. The maximum atomic E-state index is 3.66. The van der Waals surface area contributed by atoms with Crippen LogP contribution in [0.2, 0.25) is 0 Å². The predicted molar refractivity (Wildman–Crippen MR) is 189 cm³/mol. The molecule has 7 aromatic carbocycles. The van der Waals surface area contributed by atoms with Crippen LogP contribution < -0.4 is 0 Å². The molecular weight excluding hydrogens is 620 g/mol. The van der Waals surface area contributed by atoms with Gasteiger partial charge in [0.15, 0.2) is 0 Å². The van der Waals surface area contributed by atoms with E-state index in [0.29, 0.717) is 0 Å². The van der Waals surface area contributed by atoms with Gasteiger partial charge in [0, 0.05) is 0 Å². The fourth-order valence-electron chi connectivity index (χ4n) is 5.45. The number of allylic oxidation sites excluding steroid dienone is 2. The SMILES string of the molecule is Cc1cc2c(-c3ccccc3)cccc2[cH-]1.[C-](=C(/C(=C\c1ccccc1)c1ccccc1)c1ccccc1)c1ccccc1.[Zr+2]. The standard InChI is InChI=1S/C28H21.C16H13.Zr/c1-5-13-23(14-6-1)21-27(25-17-9-3-10-18-25)28(26-19-11-4-12-20-26)22-24-15-7-2-8-16-24;1-12-10-14-8-5-9-15(16(14)11-12)13-6-3-2-4-7-13;/h1-21H;2-11H,1H3;/q2*-1;+2/b27-21-;;. The van der Waals surface area contributed by atoms with E-state index >= 15 is 0 Å². The molecule has 0 nitrogen and oxygen atoms in total. The third-order valence-corrected chi connectivity index (χ3v) is 7.55. The van der Waals surface area contributed by atoms with Crippen molar-refractivity contribution in [3.8, 4) is 11.1 Å². The van der Waals surface area contributed by atoms with E-state index in [1.54, 1.807) is 0 Å². The molecule has 0 spiro atoms. The molecule has 0 fully saturated rings. The van der Waals surface area contributed by atoms with E-state index in [4.69, 9.17) is 0 Å². The largest absolute Gasteiger partial charge is 2.00 e. The van der Waals surface area contributed by atoms with Crippen molar-refractivity contribution in [3.63, 3.8) is 0 Å². The zero-order valence-corrected chi connectivity index (χ0v) is 27.9. The number of hydrogen-bond acceptors (Lipinski definition) is 0. The Morgan fingerprint density at radius 1 is 0.556 bits per heavy atom. The summed E-state index contributed by atoms with van der Waals surface area (Å²) in [7, 11) is 0. The molecule has 45 heavy (non-hydrogen) atoms. The minimum atomic E-state index is 0. The van der Waals surface area contributed by atoms with Crippen molar-refractivity contribution in [2.75, 3.05) is 0 Å². The van der Waals surface area contributed by atoms with E-state index in [-0.39, 0.29) is 26.2 Å². The topological polar surface area (TPSA) is 0 Å². The third kappa shape index (κ3) is 8.27. The Morgan fingerprint density at radius 2 is 1.09 bits per heavy atom. The summed E-state index contributed by atoms with van der Waals surface area (Å²) in [6.45, 7) is 2.15. The molecule has 214 valence electrons. The molecule has 0 saturated carbocycles. The Labute approximate surface area is 286 Å². The van der Waals surface area contributed by atoms with E-state index in [1.165, 1.54) is 38.6 Å². The minimum absolute atomic E-state index is 0. The molecule has 0 aromatic heterocycles. The zero-order chi connectivity index (χ0) is 30.0. The van der Waals surface area contributed by atoms with Crippen molar-refractivity contribution in [2.24, 2.45) is 0 Å². The van der Waals surface area contributed by atoms with E-state index in [1.807, 2.05) is 30.3 Å². The van der Waals surface area contributed by atoms with Gasteiger partial charge in [0.25, 0.3) is 0 Å². The molecule has 0 aliphatic carbocycles. The fourth-order valence-corrected chi connectivity index (χ4v) is 5.45. The Balaban J connectivity index is 0.000000200. The zero-order valence-electron chi connectivity index (χ0n) is 25.4. The van der Waals surface area contributed by atoms with Crippen LogP contribution in [0.3, 0.4) is 0 Å². The average Bonchev–Trinajstić information content (AvgIpc) is 3.49. The Bertz CT molecular complexity index is 1880. The van der Waals surface area contributed by atoms with Gasteiger partial charge in [0.2, 0.25) is 0 Å². The van der Waals surface area contributed by atoms with Crippen LogP contribution >= 0.6 is 0 Å². The van der Waals surface area contributed by atoms with Crippen molar-refractivity contribution < 1.29 is 26.2 Å². The Kier molecular flexibility index (Phi) is 11.2. The smallest absolute Gasteiger partial charge is 0.165 e. The van der Waals surface area contributed by atoms with Crippen molar-refractivity contribution in [1.29, 1.82) is 0 Å². The minimum Gasteiger partial charge on any atom is -0.165 e. The number of benzene rings is 6. The molecule has 0 heterocycles. The van der Waals surface area contributed by atoms with E-state index in [2.05, 4.69) is 171 Å². The first-order chi connectivity index (χ1) is 21.7. The van der Waals surface area contributed by atoms with Gasteiger partial charge in [-0.3, -0.25) is 0 Å². The predicted octanol–water partition coefficient (Wildman–Crippen LogP) is 11.7. The van der Waals surface area contributed by atoms with Gasteiger partial charge in [-0.1, -0.05) is 181 Å². The van der Waals surface area contributed by atoms with Crippen molar-refractivity contribution in [1.82, 2.24) is 0 Å². The van der Waals surface area contributed by atoms with Gasteiger partial charge >= 0.3 is 26.2 Å². The molecule has 0 amide bonds. The maximum Gasteiger partial charge on any atom is 2.00 e. The molecule has 0 aliphatic heterocycles. The molecule has 0 bridgehead atoms. The number of fused-ring (bicyclic) bond motifs is 1. The number of hydrogen-bond donors (Lipinski definition) is 0. The van der Waals surface area contributed by atoms with Crippen LogP contribution in [0.4, 0.5) is 0 Å². The third-order valence-electron chi connectivity index (χ3n) is 7.55. The molecule has 0 saturated heterocycles. The molecule has 0 atom stereocenters. The van der Waals surface area contributed by atoms with Crippen molar-refractivity contribution >= 4 is 28.0 Å². The number of aryl methyl sites for hydroxylation is 1. The molecule has 0 N–H and O–H groups in total. The van der Waals surface area contributed by atoms with Gasteiger partial charge < -0.3 is 0 Å². The normalized spacial score (nSPS) is 11.3. The van der Waals surface area contributed by atoms with E-state index in [9.17, 15) is 0 Å². The van der Waals surface area contributed by atoms with E-state index < -0.39 is 0 Å². The summed E-state index contributed by atoms with van der Waals surface area (Å²) in [5, 5.41) is 2.69. The first-order valence-corrected chi connectivity index (χ1v) is 15.0. The second kappa shape index (κ2) is 15.8. The second-order valence-electron chi connectivity index (χ2n) is 10.8. The summed E-state index contributed by atoms with van der Waals surface area (Å²) in [6.07, 6.45) is 5.91. The Morgan fingerprint density at radius 3 is 1.71 bits per heavy atom. The van der Waals surface area contributed by atoms with Crippen LogP contribution in [0.25, 0.3) is 39.1 Å². The molecule has 0 aliphatic rings. The monoisotopic (exact) mass is 652 g/mol. The summed E-state index contributed by atoms with van der Waals surface area (Å²) in [4.78, 5) is 0. The average molecular weight is 654 g/mol. The van der Waals surface area contributed by atoms with Gasteiger partial charge in [-0.25, -0.2) is 0 Å². The van der Waals surface area contributed by atoms with Crippen molar-refractivity contribution in [3.05, 3.63) is 216 Å². The van der Waals surface area contributed by atoms with E-state index in [0.717, 1.165) is 22.3 Å². The molecule has 7 rings (SSSR count). The first-order valence-electron chi connectivity index (χ1n) is 15.0. The summed E-state index contributed by atoms with van der Waals surface area (Å²) in [6, 6.07) is 63.3. The Hall–Kier alpha value is -4.71. The van der Waals surface area contributed by atoms with Crippen molar-refractivity contribution in [2.45, 2.75) is 6.92 Å². The fraction of sp³-hybridized carbons (Fsp3) is 0.0227. The number of rotatable bonds is 6. The second-order valence-corrected chi connectivity index (χ2v) is 10.8. The van der Waals surface area contributed by atoms with Gasteiger partial charge in [-0.2, -0.15) is 6.07 Å². The van der Waals surface area contributed by atoms with Crippen LogP contribution in [0.5, 0.6) is 0 Å². The van der Waals surface area contributed by atoms with Gasteiger partial charge in [-0.15, -0.1) is 63.9 Å². The first kappa shape index (κ1) is 31.7. The molecule has 0 radical (unpaired) electrons. The van der Waals surface area contributed by atoms with Crippen LogP contribution in [0, 0.1) is 13.0 Å². The molecule has 0 unspecified atom stereocenters. The maximum absolute atomic E-state index is 3.66. The molecule has 1 heteroatoms. The van der Waals surface area contributed by atoms with Crippen LogP contribution in [-0.4, -0.2) is 0 Å².